The number of aromatic hydroxyl groups is 2. The van der Waals surface area contributed by atoms with Crippen LogP contribution in [0.15, 0.2) is 146 Å². The number of hydrogen-bond acceptors (Lipinski definition) is 2. The second-order valence-corrected chi connectivity index (χ2v) is 10.6. The highest BCUT2D eigenvalue weighted by molar-refractivity contribution is 5.75. The van der Waals surface area contributed by atoms with Gasteiger partial charge in [-0.1, -0.05) is 133 Å². The summed E-state index contributed by atoms with van der Waals surface area (Å²) in [5.74, 6) is 0.335. The molecule has 6 rings (SSSR count). The SMILES string of the molecule is Cc1ccccc1-c1ccc(C(c2ccccc2)(c2ccccc2)c2ccc(-c3ccccc3C)cc2O)c(O)c1. The Labute approximate surface area is 241 Å². The minimum atomic E-state index is -0.981. The monoisotopic (exact) mass is 532 g/mol. The molecule has 41 heavy (non-hydrogen) atoms. The van der Waals surface area contributed by atoms with Crippen molar-refractivity contribution in [2.75, 3.05) is 0 Å². The first-order valence-corrected chi connectivity index (χ1v) is 13.9. The number of rotatable bonds is 6. The quantitative estimate of drug-likeness (QED) is 0.210. The smallest absolute Gasteiger partial charge is 0.120 e. The van der Waals surface area contributed by atoms with Crippen LogP contribution in [0, 0.1) is 13.8 Å². The van der Waals surface area contributed by atoms with E-state index in [1.54, 1.807) is 0 Å². The fourth-order valence-electron chi connectivity index (χ4n) is 6.14. The first kappa shape index (κ1) is 26.2. The fourth-order valence-corrected chi connectivity index (χ4v) is 6.14. The summed E-state index contributed by atoms with van der Waals surface area (Å²) >= 11 is 0. The molecule has 0 saturated heterocycles. The van der Waals surface area contributed by atoms with Gasteiger partial charge >= 0.3 is 0 Å². The van der Waals surface area contributed by atoms with E-state index in [0.717, 1.165) is 44.5 Å². The number of hydrogen-bond donors (Lipinski definition) is 2. The predicted octanol–water partition coefficient (Wildman–Crippen LogP) is 9.43. The van der Waals surface area contributed by atoms with E-state index in [4.69, 9.17) is 0 Å². The lowest BCUT2D eigenvalue weighted by atomic mass is 9.64. The Hall–Kier alpha value is -5.08. The summed E-state index contributed by atoms with van der Waals surface area (Å²) in [6.07, 6.45) is 0. The van der Waals surface area contributed by atoms with Crippen molar-refractivity contribution in [1.82, 2.24) is 0 Å². The van der Waals surface area contributed by atoms with Gasteiger partial charge in [-0.3, -0.25) is 0 Å². The zero-order chi connectivity index (χ0) is 28.4. The summed E-state index contributed by atoms with van der Waals surface area (Å²) < 4.78 is 0. The summed E-state index contributed by atoms with van der Waals surface area (Å²) in [6, 6.07) is 48.5. The summed E-state index contributed by atoms with van der Waals surface area (Å²) in [5, 5.41) is 23.7. The molecule has 0 spiro atoms. The van der Waals surface area contributed by atoms with Crippen LogP contribution in [0.2, 0.25) is 0 Å². The third-order valence-electron chi connectivity index (χ3n) is 8.13. The van der Waals surface area contributed by atoms with Crippen LogP contribution in [0.3, 0.4) is 0 Å². The summed E-state index contributed by atoms with van der Waals surface area (Å²) in [5.41, 5.74) is 8.63. The molecular formula is C39H32O2. The average molecular weight is 533 g/mol. The van der Waals surface area contributed by atoms with Crippen LogP contribution in [0.1, 0.15) is 33.4 Å². The van der Waals surface area contributed by atoms with E-state index in [0.29, 0.717) is 11.1 Å². The molecule has 0 bridgehead atoms. The van der Waals surface area contributed by atoms with Crippen LogP contribution in [0.4, 0.5) is 0 Å². The normalized spacial score (nSPS) is 11.4. The molecule has 0 fully saturated rings. The van der Waals surface area contributed by atoms with E-state index in [9.17, 15) is 10.2 Å². The molecular weight excluding hydrogens is 500 g/mol. The van der Waals surface area contributed by atoms with Crippen LogP contribution in [0.5, 0.6) is 11.5 Å². The van der Waals surface area contributed by atoms with Crippen LogP contribution >= 0.6 is 0 Å². The highest BCUT2D eigenvalue weighted by Gasteiger charge is 2.42. The molecule has 2 nitrogen and oxygen atoms in total. The Balaban J connectivity index is 1.65. The van der Waals surface area contributed by atoms with Gasteiger partial charge in [0.15, 0.2) is 0 Å². The van der Waals surface area contributed by atoms with Crippen LogP contribution in [-0.4, -0.2) is 10.2 Å². The van der Waals surface area contributed by atoms with Gasteiger partial charge in [0, 0.05) is 11.1 Å². The van der Waals surface area contributed by atoms with Gasteiger partial charge in [0.2, 0.25) is 0 Å². The molecule has 0 unspecified atom stereocenters. The van der Waals surface area contributed by atoms with E-state index in [-0.39, 0.29) is 11.5 Å². The maximum atomic E-state index is 11.8. The molecule has 6 aromatic carbocycles. The summed E-state index contributed by atoms with van der Waals surface area (Å²) in [4.78, 5) is 0. The zero-order valence-electron chi connectivity index (χ0n) is 23.3. The number of phenols is 2. The van der Waals surface area contributed by atoms with E-state index in [1.807, 2.05) is 84.9 Å². The van der Waals surface area contributed by atoms with Crippen molar-refractivity contribution in [2.45, 2.75) is 19.3 Å². The zero-order valence-corrected chi connectivity index (χ0v) is 23.3. The second-order valence-electron chi connectivity index (χ2n) is 10.6. The number of aryl methyl sites for hydroxylation is 2. The van der Waals surface area contributed by atoms with Gasteiger partial charge in [-0.05, 0) is 70.5 Å². The van der Waals surface area contributed by atoms with Gasteiger partial charge < -0.3 is 10.2 Å². The summed E-state index contributed by atoms with van der Waals surface area (Å²) in [7, 11) is 0. The molecule has 0 radical (unpaired) electrons. The van der Waals surface area contributed by atoms with Gasteiger partial charge in [0.05, 0.1) is 5.41 Å². The molecule has 2 N–H and O–H groups in total. The Morgan fingerprint density at radius 1 is 0.415 bits per heavy atom. The Morgan fingerprint density at radius 3 is 1.15 bits per heavy atom. The molecule has 0 aromatic heterocycles. The average Bonchev–Trinajstić information content (AvgIpc) is 3.00. The van der Waals surface area contributed by atoms with E-state index in [2.05, 4.69) is 74.5 Å². The number of benzene rings is 6. The first-order chi connectivity index (χ1) is 20.0. The topological polar surface area (TPSA) is 40.5 Å². The van der Waals surface area contributed by atoms with Crippen molar-refractivity contribution in [2.24, 2.45) is 0 Å². The van der Waals surface area contributed by atoms with Crippen molar-refractivity contribution in [3.8, 4) is 33.8 Å². The third kappa shape index (κ3) is 4.58. The van der Waals surface area contributed by atoms with E-state index in [1.165, 1.54) is 0 Å². The second kappa shape index (κ2) is 10.8. The van der Waals surface area contributed by atoms with Crippen molar-refractivity contribution >= 4 is 0 Å². The van der Waals surface area contributed by atoms with Crippen LogP contribution in [0.25, 0.3) is 22.3 Å². The van der Waals surface area contributed by atoms with E-state index >= 15 is 0 Å². The van der Waals surface area contributed by atoms with Gasteiger partial charge in [0.25, 0.3) is 0 Å². The Kier molecular flexibility index (Phi) is 6.91. The fraction of sp³-hybridized carbons (Fsp3) is 0.0769. The molecule has 0 heterocycles. The molecule has 0 aliphatic rings. The minimum absolute atomic E-state index is 0.167. The Morgan fingerprint density at radius 2 is 0.780 bits per heavy atom. The molecule has 0 aliphatic heterocycles. The van der Waals surface area contributed by atoms with Crippen molar-refractivity contribution in [3.05, 3.63) is 179 Å². The van der Waals surface area contributed by atoms with Crippen molar-refractivity contribution < 1.29 is 10.2 Å². The summed E-state index contributed by atoms with van der Waals surface area (Å²) in [6.45, 7) is 4.15. The van der Waals surface area contributed by atoms with Crippen LogP contribution < -0.4 is 0 Å². The molecule has 6 aromatic rings. The highest BCUT2D eigenvalue weighted by Crippen LogP contribution is 2.51. The lowest BCUT2D eigenvalue weighted by molar-refractivity contribution is 0.447. The molecule has 0 saturated carbocycles. The lowest BCUT2D eigenvalue weighted by Gasteiger charge is -2.37. The minimum Gasteiger partial charge on any atom is -0.508 e. The first-order valence-electron chi connectivity index (χ1n) is 13.9. The lowest BCUT2D eigenvalue weighted by Crippen LogP contribution is -2.31. The van der Waals surface area contributed by atoms with E-state index < -0.39 is 5.41 Å². The van der Waals surface area contributed by atoms with Crippen molar-refractivity contribution in [3.63, 3.8) is 0 Å². The van der Waals surface area contributed by atoms with Gasteiger partial charge in [-0.2, -0.15) is 0 Å². The predicted molar refractivity (Wildman–Crippen MR) is 168 cm³/mol. The third-order valence-corrected chi connectivity index (χ3v) is 8.13. The maximum Gasteiger partial charge on any atom is 0.120 e. The van der Waals surface area contributed by atoms with Crippen molar-refractivity contribution in [1.29, 1.82) is 0 Å². The van der Waals surface area contributed by atoms with Gasteiger partial charge in [-0.25, -0.2) is 0 Å². The van der Waals surface area contributed by atoms with Crippen LogP contribution in [-0.2, 0) is 5.41 Å². The molecule has 2 heteroatoms. The highest BCUT2D eigenvalue weighted by atomic mass is 16.3. The standard InChI is InChI=1S/C39H32O2/c1-27-13-9-11-19-33(27)29-21-23-35(37(40)25-29)39(31-15-5-3-6-16-31,32-17-7-4-8-18-32)36-24-22-30(26-38(36)41)34-20-12-10-14-28(34)2/h3-26,40-41H,1-2H3. The van der Waals surface area contributed by atoms with Gasteiger partial charge in [-0.15, -0.1) is 0 Å². The molecule has 0 aliphatic carbocycles. The Bertz CT molecular complexity index is 1680. The number of phenolic OH excluding ortho intramolecular Hbond substituents is 2. The molecule has 0 atom stereocenters. The molecule has 0 amide bonds. The maximum absolute atomic E-state index is 11.8. The molecule has 200 valence electrons. The largest absolute Gasteiger partial charge is 0.508 e. The van der Waals surface area contributed by atoms with Gasteiger partial charge in [0.1, 0.15) is 11.5 Å².